The Morgan fingerprint density at radius 1 is 0.923 bits per heavy atom. The van der Waals surface area contributed by atoms with E-state index in [2.05, 4.69) is 47.9 Å². The van der Waals surface area contributed by atoms with Gasteiger partial charge in [-0.25, -0.2) is 0 Å². The Labute approximate surface area is 160 Å². The van der Waals surface area contributed by atoms with Gasteiger partial charge in [0.1, 0.15) is 5.75 Å². The number of rotatable bonds is 5. The second-order valence-electron chi connectivity index (χ2n) is 6.03. The Bertz CT molecular complexity index is 880. The summed E-state index contributed by atoms with van der Waals surface area (Å²) in [6.45, 7) is 2.12. The summed E-state index contributed by atoms with van der Waals surface area (Å²) in [5, 5.41) is 7.27. The third-order valence-electron chi connectivity index (χ3n) is 4.24. The molecule has 1 atom stereocenters. The molecule has 0 saturated carbocycles. The highest BCUT2D eigenvalue weighted by Gasteiger charge is 2.17. The van der Waals surface area contributed by atoms with Crippen LogP contribution in [0.1, 0.15) is 22.7 Å². The Kier molecular flexibility index (Phi) is 5.87. The van der Waals surface area contributed by atoms with Gasteiger partial charge in [0.2, 0.25) is 0 Å². The molecule has 2 N–H and O–H groups in total. The van der Waals surface area contributed by atoms with Crippen LogP contribution in [-0.2, 0) is 0 Å². The van der Waals surface area contributed by atoms with Crippen LogP contribution in [0.5, 0.6) is 5.75 Å². The minimum Gasteiger partial charge on any atom is -0.497 e. The number of aryl methyl sites for hydroxylation is 1. The molecule has 132 valence electrons. The number of hydrogen-bond donors (Lipinski definition) is 2. The topological polar surface area (TPSA) is 33.3 Å². The summed E-state index contributed by atoms with van der Waals surface area (Å²) < 4.78 is 5.27. The number of nitrogens with one attached hydrogen (secondary N) is 2. The molecule has 0 saturated heterocycles. The number of ether oxygens (including phenoxy) is 1. The summed E-state index contributed by atoms with van der Waals surface area (Å²) in [5.74, 6) is 0.788. The van der Waals surface area contributed by atoms with Gasteiger partial charge < -0.3 is 15.4 Å². The van der Waals surface area contributed by atoms with Crippen LogP contribution < -0.4 is 15.4 Å². The third-order valence-corrected chi connectivity index (χ3v) is 4.46. The molecule has 0 amide bonds. The van der Waals surface area contributed by atoms with Gasteiger partial charge in [-0.2, -0.15) is 0 Å². The van der Waals surface area contributed by atoms with Gasteiger partial charge in [-0.1, -0.05) is 60.7 Å². The molecule has 0 aliphatic rings. The first-order valence-corrected chi connectivity index (χ1v) is 8.90. The zero-order chi connectivity index (χ0) is 18.4. The van der Waals surface area contributed by atoms with E-state index in [1.807, 2.05) is 48.5 Å². The van der Waals surface area contributed by atoms with E-state index in [1.165, 1.54) is 11.1 Å². The maximum absolute atomic E-state index is 5.57. The van der Waals surface area contributed by atoms with Crippen LogP contribution in [0.3, 0.4) is 0 Å². The molecular weight excluding hydrogens is 340 g/mol. The summed E-state index contributed by atoms with van der Waals surface area (Å²) in [7, 11) is 1.65. The van der Waals surface area contributed by atoms with Gasteiger partial charge in [0.25, 0.3) is 0 Å². The molecule has 3 nitrogen and oxygen atoms in total. The molecule has 3 rings (SSSR count). The highest BCUT2D eigenvalue weighted by atomic mass is 32.1. The highest BCUT2D eigenvalue weighted by Crippen LogP contribution is 2.25. The molecule has 0 unspecified atom stereocenters. The first kappa shape index (κ1) is 18.0. The highest BCUT2D eigenvalue weighted by molar-refractivity contribution is 7.80. The quantitative estimate of drug-likeness (QED) is 0.620. The van der Waals surface area contributed by atoms with Crippen LogP contribution in [0.25, 0.3) is 0 Å². The Balaban J connectivity index is 1.84. The fourth-order valence-electron chi connectivity index (χ4n) is 2.90. The normalized spacial score (nSPS) is 11.5. The summed E-state index contributed by atoms with van der Waals surface area (Å²) in [5.41, 5.74) is 4.47. The molecule has 3 aromatic carbocycles. The van der Waals surface area contributed by atoms with Crippen molar-refractivity contribution in [3.8, 4) is 5.75 Å². The molecule has 0 radical (unpaired) electrons. The molecule has 0 heterocycles. The van der Waals surface area contributed by atoms with Crippen molar-refractivity contribution in [1.82, 2.24) is 5.32 Å². The summed E-state index contributed by atoms with van der Waals surface area (Å²) in [6, 6.07) is 26.4. The van der Waals surface area contributed by atoms with Gasteiger partial charge in [-0.15, -0.1) is 0 Å². The van der Waals surface area contributed by atoms with Gasteiger partial charge in [0.15, 0.2) is 5.11 Å². The fourth-order valence-corrected chi connectivity index (χ4v) is 3.13. The summed E-state index contributed by atoms with van der Waals surface area (Å²) in [4.78, 5) is 0. The lowest BCUT2D eigenvalue weighted by Gasteiger charge is -2.23. The molecule has 4 heteroatoms. The predicted octanol–water partition coefficient (Wildman–Crippen LogP) is 5.08. The molecule has 26 heavy (non-hydrogen) atoms. The van der Waals surface area contributed by atoms with Crippen molar-refractivity contribution in [1.29, 1.82) is 0 Å². The smallest absolute Gasteiger partial charge is 0.171 e. The van der Waals surface area contributed by atoms with E-state index in [-0.39, 0.29) is 6.04 Å². The fraction of sp³-hybridized carbons (Fsp3) is 0.136. The molecule has 0 aliphatic heterocycles. The number of anilines is 1. The van der Waals surface area contributed by atoms with Crippen molar-refractivity contribution in [3.63, 3.8) is 0 Å². The van der Waals surface area contributed by atoms with Crippen LogP contribution in [0.2, 0.25) is 0 Å². The lowest BCUT2D eigenvalue weighted by molar-refractivity contribution is 0.415. The van der Waals surface area contributed by atoms with Gasteiger partial charge in [-0.3, -0.25) is 0 Å². The molecule has 0 spiro atoms. The Morgan fingerprint density at radius 2 is 1.65 bits per heavy atom. The second-order valence-corrected chi connectivity index (χ2v) is 6.44. The van der Waals surface area contributed by atoms with Crippen molar-refractivity contribution >= 4 is 23.0 Å². The molecule has 0 fully saturated rings. The van der Waals surface area contributed by atoms with Crippen LogP contribution >= 0.6 is 12.2 Å². The van der Waals surface area contributed by atoms with E-state index in [4.69, 9.17) is 17.0 Å². The first-order valence-electron chi connectivity index (χ1n) is 8.49. The summed E-state index contributed by atoms with van der Waals surface area (Å²) >= 11 is 5.57. The Hall–Kier alpha value is -2.85. The van der Waals surface area contributed by atoms with Gasteiger partial charge in [0, 0.05) is 11.8 Å². The maximum Gasteiger partial charge on any atom is 0.171 e. The number of hydrogen-bond acceptors (Lipinski definition) is 2. The van der Waals surface area contributed by atoms with E-state index < -0.39 is 0 Å². The average molecular weight is 362 g/mol. The van der Waals surface area contributed by atoms with E-state index in [0.29, 0.717) is 5.11 Å². The zero-order valence-electron chi connectivity index (χ0n) is 14.9. The van der Waals surface area contributed by atoms with Crippen LogP contribution in [-0.4, -0.2) is 12.2 Å². The minimum atomic E-state index is -0.0250. The number of thiocarbonyl (C=S) groups is 1. The van der Waals surface area contributed by atoms with Crippen LogP contribution in [0.15, 0.2) is 78.9 Å². The zero-order valence-corrected chi connectivity index (χ0v) is 15.7. The van der Waals surface area contributed by atoms with Crippen molar-refractivity contribution < 1.29 is 4.74 Å². The standard InChI is InChI=1S/C22H22N2OS/c1-16-9-6-7-14-20(16)21(17-10-4-3-5-11-17)24-22(26)23-18-12-8-13-19(15-18)25-2/h3-15,21H,1-2H3,(H2,23,24,26)/t21-/m0/s1. The third kappa shape index (κ3) is 4.41. The Morgan fingerprint density at radius 3 is 2.38 bits per heavy atom. The lowest BCUT2D eigenvalue weighted by Crippen LogP contribution is -2.33. The average Bonchev–Trinajstić information content (AvgIpc) is 2.67. The number of benzene rings is 3. The largest absolute Gasteiger partial charge is 0.497 e. The molecule has 3 aromatic rings. The van der Waals surface area contributed by atoms with Crippen molar-refractivity contribution in [2.75, 3.05) is 12.4 Å². The van der Waals surface area contributed by atoms with Gasteiger partial charge >= 0.3 is 0 Å². The van der Waals surface area contributed by atoms with E-state index in [0.717, 1.165) is 17.0 Å². The van der Waals surface area contributed by atoms with Gasteiger partial charge in [0.05, 0.1) is 13.2 Å². The van der Waals surface area contributed by atoms with Crippen LogP contribution in [0, 0.1) is 6.92 Å². The molecule has 0 bridgehead atoms. The lowest BCUT2D eigenvalue weighted by atomic mass is 9.95. The monoisotopic (exact) mass is 362 g/mol. The number of methoxy groups -OCH3 is 1. The van der Waals surface area contributed by atoms with Crippen molar-refractivity contribution in [3.05, 3.63) is 95.6 Å². The van der Waals surface area contributed by atoms with E-state index >= 15 is 0 Å². The van der Waals surface area contributed by atoms with E-state index in [9.17, 15) is 0 Å². The maximum atomic E-state index is 5.57. The molecule has 0 aliphatic carbocycles. The second kappa shape index (κ2) is 8.50. The molecular formula is C22H22N2OS. The SMILES string of the molecule is COc1cccc(NC(=S)N[C@@H](c2ccccc2)c2ccccc2C)c1. The van der Waals surface area contributed by atoms with E-state index in [1.54, 1.807) is 7.11 Å². The van der Waals surface area contributed by atoms with Crippen molar-refractivity contribution in [2.45, 2.75) is 13.0 Å². The molecule has 0 aromatic heterocycles. The summed E-state index contributed by atoms with van der Waals surface area (Å²) in [6.07, 6.45) is 0. The first-order chi connectivity index (χ1) is 12.7. The van der Waals surface area contributed by atoms with Crippen molar-refractivity contribution in [2.24, 2.45) is 0 Å². The van der Waals surface area contributed by atoms with Gasteiger partial charge in [-0.05, 0) is 48.0 Å². The predicted molar refractivity (Wildman–Crippen MR) is 112 cm³/mol. The van der Waals surface area contributed by atoms with Crippen LogP contribution in [0.4, 0.5) is 5.69 Å². The minimum absolute atomic E-state index is 0.0250.